The number of halogens is 2. The predicted octanol–water partition coefficient (Wildman–Crippen LogP) is 3.47. The molecule has 0 radical (unpaired) electrons. The van der Waals surface area contributed by atoms with E-state index < -0.39 is 0 Å². The predicted molar refractivity (Wildman–Crippen MR) is 73.8 cm³/mol. The van der Waals surface area contributed by atoms with Gasteiger partial charge >= 0.3 is 0 Å². The van der Waals surface area contributed by atoms with Crippen molar-refractivity contribution in [3.8, 4) is 0 Å². The van der Waals surface area contributed by atoms with Crippen LogP contribution in [0.4, 0.5) is 0 Å². The fourth-order valence-corrected chi connectivity index (χ4v) is 2.32. The Labute approximate surface area is 114 Å². The van der Waals surface area contributed by atoms with Crippen LogP contribution in [0.25, 0.3) is 0 Å². The van der Waals surface area contributed by atoms with E-state index in [9.17, 15) is 4.79 Å². The van der Waals surface area contributed by atoms with E-state index in [2.05, 4.69) is 27.9 Å². The molecule has 1 aromatic rings. The summed E-state index contributed by atoms with van der Waals surface area (Å²) in [6, 6.07) is 5.37. The number of hydrogen-bond donors (Lipinski definition) is 1. The average Bonchev–Trinajstić information content (AvgIpc) is 3.05. The third kappa shape index (κ3) is 3.35. The highest BCUT2D eigenvalue weighted by Crippen LogP contribution is 2.31. The molecule has 0 bridgehead atoms. The van der Waals surface area contributed by atoms with Crippen molar-refractivity contribution in [2.45, 2.75) is 19.3 Å². The van der Waals surface area contributed by atoms with E-state index in [1.165, 1.54) is 12.8 Å². The molecule has 2 nitrogen and oxygen atoms in total. The van der Waals surface area contributed by atoms with E-state index in [1.54, 1.807) is 12.1 Å². The van der Waals surface area contributed by atoms with Crippen molar-refractivity contribution in [1.82, 2.24) is 5.32 Å². The van der Waals surface area contributed by atoms with Crippen molar-refractivity contribution >= 4 is 40.1 Å². The molecule has 86 valence electrons. The average molecular weight is 350 g/mol. The summed E-state index contributed by atoms with van der Waals surface area (Å²) < 4.78 is 0.936. The molecular formula is C12H13ClINO. The van der Waals surface area contributed by atoms with Gasteiger partial charge in [0.25, 0.3) is 5.91 Å². The van der Waals surface area contributed by atoms with Crippen molar-refractivity contribution < 1.29 is 4.79 Å². The largest absolute Gasteiger partial charge is 0.352 e. The molecule has 4 heteroatoms. The topological polar surface area (TPSA) is 29.1 Å². The molecule has 0 atom stereocenters. The van der Waals surface area contributed by atoms with Crippen molar-refractivity contribution in [2.75, 3.05) is 6.54 Å². The molecule has 0 aromatic heterocycles. The lowest BCUT2D eigenvalue weighted by Gasteiger charge is -2.06. The normalized spacial score (nSPS) is 14.9. The first-order valence-corrected chi connectivity index (χ1v) is 6.86. The van der Waals surface area contributed by atoms with E-state index >= 15 is 0 Å². The summed E-state index contributed by atoms with van der Waals surface area (Å²) in [7, 11) is 0. The van der Waals surface area contributed by atoms with Crippen LogP contribution in [-0.2, 0) is 0 Å². The summed E-state index contributed by atoms with van der Waals surface area (Å²) in [5, 5.41) is 3.54. The minimum absolute atomic E-state index is 0.0208. The van der Waals surface area contributed by atoms with Crippen LogP contribution < -0.4 is 5.32 Å². The van der Waals surface area contributed by atoms with E-state index in [0.717, 1.165) is 22.5 Å². The first-order valence-electron chi connectivity index (χ1n) is 5.40. The molecule has 1 saturated carbocycles. The Morgan fingerprint density at radius 3 is 2.94 bits per heavy atom. The Bertz CT molecular complexity index is 404. The summed E-state index contributed by atoms with van der Waals surface area (Å²) in [4.78, 5) is 11.8. The third-order valence-corrected chi connectivity index (χ3v) is 3.88. The number of hydrogen-bond acceptors (Lipinski definition) is 1. The molecule has 0 saturated heterocycles. The highest BCUT2D eigenvalue weighted by atomic mass is 127. The molecule has 2 rings (SSSR count). The van der Waals surface area contributed by atoms with Crippen LogP contribution in [0.1, 0.15) is 29.6 Å². The van der Waals surface area contributed by atoms with Crippen LogP contribution in [0.5, 0.6) is 0 Å². The van der Waals surface area contributed by atoms with E-state index in [0.29, 0.717) is 10.6 Å². The molecule has 16 heavy (non-hydrogen) atoms. The molecule has 1 aliphatic rings. The van der Waals surface area contributed by atoms with Crippen LogP contribution in [0.3, 0.4) is 0 Å². The van der Waals surface area contributed by atoms with Crippen LogP contribution in [0.2, 0.25) is 5.02 Å². The van der Waals surface area contributed by atoms with Crippen molar-refractivity contribution in [3.63, 3.8) is 0 Å². The number of carbonyl (C=O) groups excluding carboxylic acids is 1. The Balaban J connectivity index is 1.93. The van der Waals surface area contributed by atoms with Crippen molar-refractivity contribution in [1.29, 1.82) is 0 Å². The second-order valence-corrected chi connectivity index (χ2v) is 5.71. The number of carbonyl (C=O) groups is 1. The lowest BCUT2D eigenvalue weighted by molar-refractivity contribution is 0.0952. The monoisotopic (exact) mass is 349 g/mol. The number of rotatable bonds is 4. The van der Waals surface area contributed by atoms with Gasteiger partial charge in [0.1, 0.15) is 0 Å². The second-order valence-electron chi connectivity index (χ2n) is 4.11. The maximum Gasteiger partial charge on any atom is 0.252 e. The van der Waals surface area contributed by atoms with Crippen molar-refractivity contribution in [3.05, 3.63) is 32.4 Å². The quantitative estimate of drug-likeness (QED) is 0.829. The molecule has 1 aliphatic carbocycles. The minimum atomic E-state index is -0.0208. The fourth-order valence-electron chi connectivity index (χ4n) is 1.56. The van der Waals surface area contributed by atoms with Gasteiger partial charge in [0.15, 0.2) is 0 Å². The molecule has 0 spiro atoms. The minimum Gasteiger partial charge on any atom is -0.352 e. The summed E-state index contributed by atoms with van der Waals surface area (Å²) in [6.07, 6.45) is 3.75. The van der Waals surface area contributed by atoms with Crippen LogP contribution in [0, 0.1) is 9.49 Å². The Morgan fingerprint density at radius 2 is 2.25 bits per heavy atom. The molecule has 1 N–H and O–H groups in total. The maximum atomic E-state index is 11.8. The van der Waals surface area contributed by atoms with Gasteiger partial charge in [0, 0.05) is 15.1 Å². The molecule has 1 amide bonds. The third-order valence-electron chi connectivity index (χ3n) is 2.71. The number of amides is 1. The zero-order valence-corrected chi connectivity index (χ0v) is 11.7. The molecule has 0 aliphatic heterocycles. The van der Waals surface area contributed by atoms with Crippen LogP contribution >= 0.6 is 34.2 Å². The number of nitrogens with one attached hydrogen (secondary N) is 1. The van der Waals surface area contributed by atoms with Gasteiger partial charge in [-0.25, -0.2) is 0 Å². The van der Waals surface area contributed by atoms with E-state index in [-0.39, 0.29) is 5.91 Å². The lowest BCUT2D eigenvalue weighted by Crippen LogP contribution is -2.25. The lowest BCUT2D eigenvalue weighted by atomic mass is 10.2. The first kappa shape index (κ1) is 12.2. The van der Waals surface area contributed by atoms with Crippen LogP contribution in [0.15, 0.2) is 18.2 Å². The summed E-state index contributed by atoms with van der Waals surface area (Å²) in [5.74, 6) is 0.825. The smallest absolute Gasteiger partial charge is 0.252 e. The molecule has 1 fully saturated rings. The first-order chi connectivity index (χ1) is 7.66. The van der Waals surface area contributed by atoms with Gasteiger partial charge in [-0.15, -0.1) is 0 Å². The van der Waals surface area contributed by atoms with Gasteiger partial charge in [0.2, 0.25) is 0 Å². The zero-order valence-electron chi connectivity index (χ0n) is 8.80. The van der Waals surface area contributed by atoms with Gasteiger partial charge in [0.05, 0.1) is 5.56 Å². The van der Waals surface area contributed by atoms with Gasteiger partial charge in [-0.1, -0.05) is 24.4 Å². The molecular weight excluding hydrogens is 336 g/mol. The SMILES string of the molecule is O=C(NCCC1CC1)c1cc(Cl)ccc1I. The summed E-state index contributed by atoms with van der Waals surface area (Å²) in [6.45, 7) is 0.770. The van der Waals surface area contributed by atoms with E-state index in [4.69, 9.17) is 11.6 Å². The van der Waals surface area contributed by atoms with Crippen LogP contribution in [-0.4, -0.2) is 12.5 Å². The van der Waals surface area contributed by atoms with Gasteiger partial charge in [-0.2, -0.15) is 0 Å². The molecule has 0 unspecified atom stereocenters. The summed E-state index contributed by atoms with van der Waals surface area (Å²) >= 11 is 8.02. The van der Waals surface area contributed by atoms with Gasteiger partial charge < -0.3 is 5.32 Å². The van der Waals surface area contributed by atoms with Crippen molar-refractivity contribution in [2.24, 2.45) is 5.92 Å². The Hall–Kier alpha value is -0.290. The molecule has 0 heterocycles. The number of benzene rings is 1. The standard InChI is InChI=1S/C12H13ClINO/c13-9-3-4-11(14)10(7-9)12(16)15-6-5-8-1-2-8/h3-4,7-8H,1-2,5-6H2,(H,15,16). The molecule has 1 aromatic carbocycles. The zero-order chi connectivity index (χ0) is 11.5. The van der Waals surface area contributed by atoms with Gasteiger partial charge in [-0.05, 0) is 53.1 Å². The highest BCUT2D eigenvalue weighted by molar-refractivity contribution is 14.1. The Morgan fingerprint density at radius 1 is 1.50 bits per heavy atom. The summed E-state index contributed by atoms with van der Waals surface area (Å²) in [5.41, 5.74) is 0.670. The van der Waals surface area contributed by atoms with E-state index in [1.807, 2.05) is 6.07 Å². The second kappa shape index (κ2) is 5.36. The highest BCUT2D eigenvalue weighted by Gasteiger charge is 2.20. The maximum absolute atomic E-state index is 11.8. The van der Waals surface area contributed by atoms with Gasteiger partial charge in [-0.3, -0.25) is 4.79 Å². The Kier molecular flexibility index (Phi) is 4.08. The fraction of sp³-hybridized carbons (Fsp3) is 0.417.